The molecular formula is C9H10ClS. The third-order valence-electron chi connectivity index (χ3n) is 1.24. The van der Waals surface area contributed by atoms with Crippen LogP contribution in [-0.2, 0) is 0 Å². The molecule has 0 saturated heterocycles. The van der Waals surface area contributed by atoms with E-state index in [-0.39, 0.29) is 0 Å². The fraction of sp³-hybridized carbons (Fsp3) is 0.333. The average Bonchev–Trinajstić information content (AvgIpc) is 2.03. The van der Waals surface area contributed by atoms with Crippen LogP contribution in [0.25, 0.3) is 0 Å². The van der Waals surface area contributed by atoms with E-state index < -0.39 is 0 Å². The Kier molecular flexibility index (Phi) is 3.81. The van der Waals surface area contributed by atoms with Gasteiger partial charge in [-0.3, -0.25) is 0 Å². The average molecular weight is 186 g/mol. The van der Waals surface area contributed by atoms with Gasteiger partial charge in [-0.05, 0) is 30.4 Å². The molecule has 0 aromatic heterocycles. The van der Waals surface area contributed by atoms with E-state index in [1.54, 1.807) is 11.8 Å². The molecule has 1 aromatic carbocycles. The van der Waals surface area contributed by atoms with E-state index in [0.717, 1.165) is 15.7 Å². The van der Waals surface area contributed by atoms with E-state index in [2.05, 4.69) is 13.0 Å². The Balaban J connectivity index is 2.62. The monoisotopic (exact) mass is 185 g/mol. The smallest absolute Gasteiger partial charge is 0.0542 e. The summed E-state index contributed by atoms with van der Waals surface area (Å²) in [4.78, 5) is 1.14. The molecule has 1 rings (SSSR count). The lowest BCUT2D eigenvalue weighted by Gasteiger charge is -2.00. The van der Waals surface area contributed by atoms with Crippen LogP contribution in [0, 0.1) is 6.07 Å². The molecule has 0 bridgehead atoms. The summed E-state index contributed by atoms with van der Waals surface area (Å²) in [6.45, 7) is 2.16. The van der Waals surface area contributed by atoms with Crippen LogP contribution >= 0.6 is 23.4 Å². The Morgan fingerprint density at radius 1 is 1.64 bits per heavy atom. The molecule has 0 aliphatic rings. The molecule has 0 saturated carbocycles. The summed E-state index contributed by atoms with van der Waals surface area (Å²) in [5, 5.41) is 0.835. The third kappa shape index (κ3) is 2.76. The van der Waals surface area contributed by atoms with Crippen molar-refractivity contribution in [2.75, 3.05) is 5.75 Å². The van der Waals surface area contributed by atoms with E-state index in [0.29, 0.717) is 0 Å². The normalized spacial score (nSPS) is 10.0. The van der Waals surface area contributed by atoms with E-state index >= 15 is 0 Å². The molecular weight excluding hydrogens is 176 g/mol. The lowest BCUT2D eigenvalue weighted by molar-refractivity contribution is 1.10. The molecule has 0 unspecified atom stereocenters. The van der Waals surface area contributed by atoms with Gasteiger partial charge in [-0.2, -0.15) is 0 Å². The molecule has 0 N–H and O–H groups in total. The SMILES string of the molecule is CCCSc1c[c]ccc1Cl. The van der Waals surface area contributed by atoms with Gasteiger partial charge < -0.3 is 0 Å². The second-order valence-corrected chi connectivity index (χ2v) is 3.75. The number of hydrogen-bond acceptors (Lipinski definition) is 1. The molecule has 0 fully saturated rings. The Hall–Kier alpha value is -0.140. The number of hydrogen-bond donors (Lipinski definition) is 0. The maximum absolute atomic E-state index is 5.92. The van der Waals surface area contributed by atoms with Gasteiger partial charge in [0.05, 0.1) is 5.02 Å². The minimum Gasteiger partial charge on any atom is -0.125 e. The first kappa shape index (κ1) is 8.95. The van der Waals surface area contributed by atoms with Crippen molar-refractivity contribution in [2.45, 2.75) is 18.2 Å². The number of halogens is 1. The lowest BCUT2D eigenvalue weighted by Crippen LogP contribution is -1.76. The largest absolute Gasteiger partial charge is 0.125 e. The summed E-state index contributed by atoms with van der Waals surface area (Å²) in [6, 6.07) is 8.64. The van der Waals surface area contributed by atoms with Gasteiger partial charge in [0, 0.05) is 4.90 Å². The summed E-state index contributed by atoms with van der Waals surface area (Å²) in [7, 11) is 0. The number of benzene rings is 1. The zero-order valence-corrected chi connectivity index (χ0v) is 8.00. The first-order valence-corrected chi connectivity index (χ1v) is 4.99. The minimum atomic E-state index is 0.835. The van der Waals surface area contributed by atoms with Crippen LogP contribution in [0.1, 0.15) is 13.3 Å². The van der Waals surface area contributed by atoms with Crippen LogP contribution in [0.5, 0.6) is 0 Å². The standard InChI is InChI=1S/C9H10ClS/c1-2-7-11-9-6-4-3-5-8(9)10/h3,5-6H,2,7H2,1H3. The van der Waals surface area contributed by atoms with Gasteiger partial charge >= 0.3 is 0 Å². The maximum atomic E-state index is 5.92. The summed E-state index contributed by atoms with van der Waals surface area (Å²) in [5.41, 5.74) is 0. The molecule has 0 aliphatic carbocycles. The molecule has 0 atom stereocenters. The molecule has 1 radical (unpaired) electrons. The van der Waals surface area contributed by atoms with Crippen molar-refractivity contribution >= 4 is 23.4 Å². The zero-order valence-electron chi connectivity index (χ0n) is 6.43. The molecule has 0 amide bonds. The summed E-state index contributed by atoms with van der Waals surface area (Å²) in [5.74, 6) is 1.12. The molecule has 2 heteroatoms. The molecule has 0 spiro atoms. The van der Waals surface area contributed by atoms with Crippen LogP contribution in [0.2, 0.25) is 5.02 Å². The van der Waals surface area contributed by atoms with Crippen molar-refractivity contribution in [1.29, 1.82) is 0 Å². The fourth-order valence-corrected chi connectivity index (χ4v) is 1.78. The third-order valence-corrected chi connectivity index (χ3v) is 2.94. The van der Waals surface area contributed by atoms with Crippen molar-refractivity contribution in [3.05, 3.63) is 29.3 Å². The number of rotatable bonds is 3. The molecule has 0 heterocycles. The Bertz CT molecular complexity index is 223. The first-order valence-electron chi connectivity index (χ1n) is 3.63. The van der Waals surface area contributed by atoms with Crippen LogP contribution in [0.15, 0.2) is 23.1 Å². The molecule has 11 heavy (non-hydrogen) atoms. The minimum absolute atomic E-state index is 0.835. The highest BCUT2D eigenvalue weighted by molar-refractivity contribution is 7.99. The van der Waals surface area contributed by atoms with E-state index in [1.165, 1.54) is 6.42 Å². The van der Waals surface area contributed by atoms with Gasteiger partial charge in [-0.15, -0.1) is 11.8 Å². The van der Waals surface area contributed by atoms with E-state index in [1.807, 2.05) is 18.2 Å². The predicted molar refractivity (Wildman–Crippen MR) is 51.3 cm³/mol. The molecule has 1 aromatic rings. The summed E-state index contributed by atoms with van der Waals surface area (Å²) >= 11 is 7.70. The van der Waals surface area contributed by atoms with Crippen molar-refractivity contribution in [3.8, 4) is 0 Å². The lowest BCUT2D eigenvalue weighted by atomic mass is 10.4. The Morgan fingerprint density at radius 3 is 3.09 bits per heavy atom. The van der Waals surface area contributed by atoms with Gasteiger partial charge in [0.15, 0.2) is 0 Å². The van der Waals surface area contributed by atoms with Crippen molar-refractivity contribution in [3.63, 3.8) is 0 Å². The highest BCUT2D eigenvalue weighted by Crippen LogP contribution is 2.26. The second kappa shape index (κ2) is 4.68. The zero-order chi connectivity index (χ0) is 8.10. The number of thioether (sulfide) groups is 1. The van der Waals surface area contributed by atoms with Crippen molar-refractivity contribution < 1.29 is 0 Å². The van der Waals surface area contributed by atoms with Gasteiger partial charge in [-0.1, -0.05) is 24.6 Å². The van der Waals surface area contributed by atoms with Gasteiger partial charge in [0.2, 0.25) is 0 Å². The maximum Gasteiger partial charge on any atom is 0.0542 e. The quantitative estimate of drug-likeness (QED) is 0.648. The van der Waals surface area contributed by atoms with Gasteiger partial charge in [0.1, 0.15) is 0 Å². The van der Waals surface area contributed by atoms with Crippen LogP contribution in [0.3, 0.4) is 0 Å². The second-order valence-electron chi connectivity index (χ2n) is 2.20. The highest BCUT2D eigenvalue weighted by atomic mass is 35.5. The first-order chi connectivity index (χ1) is 5.34. The van der Waals surface area contributed by atoms with E-state index in [4.69, 9.17) is 11.6 Å². The summed E-state index contributed by atoms with van der Waals surface area (Å²) < 4.78 is 0. The fourth-order valence-electron chi connectivity index (χ4n) is 0.719. The summed E-state index contributed by atoms with van der Waals surface area (Å²) in [6.07, 6.45) is 1.18. The van der Waals surface area contributed by atoms with Gasteiger partial charge in [-0.25, -0.2) is 0 Å². The molecule has 0 aliphatic heterocycles. The molecule has 0 nitrogen and oxygen atoms in total. The Labute approximate surface area is 77.0 Å². The van der Waals surface area contributed by atoms with Crippen molar-refractivity contribution in [2.24, 2.45) is 0 Å². The van der Waals surface area contributed by atoms with Gasteiger partial charge in [0.25, 0.3) is 0 Å². The highest BCUT2D eigenvalue weighted by Gasteiger charge is 1.96. The topological polar surface area (TPSA) is 0 Å². The molecule has 59 valence electrons. The van der Waals surface area contributed by atoms with Crippen LogP contribution in [0.4, 0.5) is 0 Å². The van der Waals surface area contributed by atoms with E-state index in [9.17, 15) is 0 Å². The Morgan fingerprint density at radius 2 is 2.45 bits per heavy atom. The van der Waals surface area contributed by atoms with Crippen LogP contribution in [-0.4, -0.2) is 5.75 Å². The van der Waals surface area contributed by atoms with Crippen LogP contribution < -0.4 is 0 Å². The van der Waals surface area contributed by atoms with Crippen molar-refractivity contribution in [1.82, 2.24) is 0 Å². The predicted octanol–water partition coefficient (Wildman–Crippen LogP) is 3.64.